The molecular formula is C23H18N4O4S. The molecule has 3 aromatic carbocycles. The molecule has 0 spiro atoms. The Morgan fingerprint density at radius 1 is 1.06 bits per heavy atom. The molecule has 1 amide bonds. The Bertz CT molecular complexity index is 1360. The summed E-state index contributed by atoms with van der Waals surface area (Å²) < 4.78 is 5.88. The number of non-ortho nitro benzene ring substituents is 1. The van der Waals surface area contributed by atoms with Crippen LogP contribution in [-0.4, -0.2) is 20.9 Å². The maximum atomic E-state index is 12.4. The summed E-state index contributed by atoms with van der Waals surface area (Å²) in [5.74, 6) is -0.0312. The largest absolute Gasteiger partial charge is 0.436 e. The molecule has 1 aromatic heterocycles. The third-order valence-electron chi connectivity index (χ3n) is 4.66. The van der Waals surface area contributed by atoms with E-state index in [9.17, 15) is 14.9 Å². The number of fused-ring (bicyclic) bond motifs is 1. The lowest BCUT2D eigenvalue weighted by molar-refractivity contribution is -0.384. The Kier molecular flexibility index (Phi) is 5.65. The second-order valence-corrected chi connectivity index (χ2v) is 7.70. The van der Waals surface area contributed by atoms with Gasteiger partial charge in [-0.1, -0.05) is 23.3 Å². The first kappa shape index (κ1) is 21.1. The van der Waals surface area contributed by atoms with Gasteiger partial charge in [0, 0.05) is 28.9 Å². The molecule has 4 rings (SSSR count). The van der Waals surface area contributed by atoms with Gasteiger partial charge < -0.3 is 9.73 Å². The zero-order valence-corrected chi connectivity index (χ0v) is 18.0. The minimum atomic E-state index is -0.563. The number of nitrogens with one attached hydrogen (secondary N) is 2. The first-order valence-electron chi connectivity index (χ1n) is 9.64. The van der Waals surface area contributed by atoms with Gasteiger partial charge in [-0.05, 0) is 62.5 Å². The maximum Gasteiger partial charge on any atom is 0.270 e. The summed E-state index contributed by atoms with van der Waals surface area (Å²) in [6.07, 6.45) is 0. The average molecular weight is 446 g/mol. The lowest BCUT2D eigenvalue weighted by Crippen LogP contribution is -2.34. The second kappa shape index (κ2) is 8.56. The fourth-order valence-corrected chi connectivity index (χ4v) is 3.54. The first-order valence-corrected chi connectivity index (χ1v) is 10.1. The normalized spacial score (nSPS) is 10.7. The number of aryl methyl sites for hydroxylation is 2. The summed E-state index contributed by atoms with van der Waals surface area (Å²) in [5.41, 5.74) is 4.97. The lowest BCUT2D eigenvalue weighted by atomic mass is 10.1. The van der Waals surface area contributed by atoms with Crippen molar-refractivity contribution in [2.75, 3.05) is 5.32 Å². The highest BCUT2D eigenvalue weighted by Crippen LogP contribution is 2.27. The van der Waals surface area contributed by atoms with Crippen molar-refractivity contribution in [1.29, 1.82) is 0 Å². The SMILES string of the molecule is Cc1cc(C)cc(-c2nc3cc(NC(=S)NC(=O)c4cccc([N+](=O)[O-])c4)ccc3o2)c1. The van der Waals surface area contributed by atoms with Crippen LogP contribution in [0.5, 0.6) is 0 Å². The predicted molar refractivity (Wildman–Crippen MR) is 126 cm³/mol. The van der Waals surface area contributed by atoms with Crippen molar-refractivity contribution in [3.05, 3.63) is 87.5 Å². The van der Waals surface area contributed by atoms with Crippen LogP contribution in [0, 0.1) is 24.0 Å². The Morgan fingerprint density at radius 3 is 2.53 bits per heavy atom. The first-order chi connectivity index (χ1) is 15.3. The number of nitro benzene ring substituents is 1. The molecule has 0 aliphatic heterocycles. The van der Waals surface area contributed by atoms with E-state index in [1.807, 2.05) is 26.0 Å². The molecule has 4 aromatic rings. The quantitative estimate of drug-likeness (QED) is 0.253. The highest BCUT2D eigenvalue weighted by Gasteiger charge is 2.14. The minimum Gasteiger partial charge on any atom is -0.436 e. The molecule has 0 saturated carbocycles. The molecule has 160 valence electrons. The molecule has 0 saturated heterocycles. The number of aromatic nitrogens is 1. The van der Waals surface area contributed by atoms with Crippen molar-refractivity contribution < 1.29 is 14.1 Å². The number of thiocarbonyl (C=S) groups is 1. The zero-order chi connectivity index (χ0) is 22.8. The smallest absolute Gasteiger partial charge is 0.270 e. The second-order valence-electron chi connectivity index (χ2n) is 7.29. The number of rotatable bonds is 4. The van der Waals surface area contributed by atoms with Crippen LogP contribution < -0.4 is 10.6 Å². The third-order valence-corrected chi connectivity index (χ3v) is 4.86. The van der Waals surface area contributed by atoms with Crippen molar-refractivity contribution in [3.63, 3.8) is 0 Å². The van der Waals surface area contributed by atoms with Gasteiger partial charge in [-0.15, -0.1) is 0 Å². The van der Waals surface area contributed by atoms with Gasteiger partial charge >= 0.3 is 0 Å². The summed E-state index contributed by atoms with van der Waals surface area (Å²) in [5, 5.41) is 16.4. The fraction of sp³-hybridized carbons (Fsp3) is 0.0870. The number of anilines is 1. The van der Waals surface area contributed by atoms with Crippen LogP contribution in [0.3, 0.4) is 0 Å². The van der Waals surface area contributed by atoms with Crippen molar-refractivity contribution in [3.8, 4) is 11.5 Å². The van der Waals surface area contributed by atoms with E-state index in [0.717, 1.165) is 16.7 Å². The molecule has 0 aliphatic carbocycles. The summed E-state index contributed by atoms with van der Waals surface area (Å²) in [6.45, 7) is 4.04. The van der Waals surface area contributed by atoms with Gasteiger partial charge in [0.05, 0.1) is 4.92 Å². The third kappa shape index (κ3) is 4.62. The highest BCUT2D eigenvalue weighted by atomic mass is 32.1. The number of hydrogen-bond acceptors (Lipinski definition) is 6. The van der Waals surface area contributed by atoms with E-state index < -0.39 is 10.8 Å². The monoisotopic (exact) mass is 446 g/mol. The standard InChI is InChI=1S/C23H18N4O4S/c1-13-8-14(2)10-16(9-13)22-25-19-12-17(6-7-20(19)31-22)24-23(32)26-21(28)15-4-3-5-18(11-15)27(29)30/h3-12H,1-2H3,(H2,24,26,28,32). The Labute approximate surface area is 188 Å². The summed E-state index contributed by atoms with van der Waals surface area (Å²) in [4.78, 5) is 27.3. The molecule has 0 atom stereocenters. The Balaban J connectivity index is 1.49. The summed E-state index contributed by atoms with van der Waals surface area (Å²) in [7, 11) is 0. The highest BCUT2D eigenvalue weighted by molar-refractivity contribution is 7.80. The summed E-state index contributed by atoms with van der Waals surface area (Å²) >= 11 is 5.21. The maximum absolute atomic E-state index is 12.4. The predicted octanol–water partition coefficient (Wildman–Crippen LogP) is 5.15. The van der Waals surface area contributed by atoms with E-state index in [4.69, 9.17) is 16.6 Å². The van der Waals surface area contributed by atoms with Crippen molar-refractivity contribution in [2.45, 2.75) is 13.8 Å². The number of nitro groups is 1. The van der Waals surface area contributed by atoms with Gasteiger partial charge in [0.25, 0.3) is 11.6 Å². The number of oxazole rings is 1. The van der Waals surface area contributed by atoms with Crippen LogP contribution in [0.15, 0.2) is 65.1 Å². The van der Waals surface area contributed by atoms with Crippen LogP contribution in [-0.2, 0) is 0 Å². The minimum absolute atomic E-state index is 0.0545. The number of carbonyl (C=O) groups excluding carboxylic acids is 1. The van der Waals surface area contributed by atoms with Crippen LogP contribution in [0.1, 0.15) is 21.5 Å². The van der Waals surface area contributed by atoms with Crippen molar-refractivity contribution in [1.82, 2.24) is 10.3 Å². The van der Waals surface area contributed by atoms with Crippen molar-refractivity contribution in [2.24, 2.45) is 0 Å². The molecule has 0 bridgehead atoms. The number of carbonyl (C=O) groups is 1. The number of nitrogens with zero attached hydrogens (tertiary/aromatic N) is 2. The van der Waals surface area contributed by atoms with E-state index in [-0.39, 0.29) is 16.4 Å². The van der Waals surface area contributed by atoms with Gasteiger partial charge in [0.15, 0.2) is 10.7 Å². The average Bonchev–Trinajstić information content (AvgIpc) is 3.16. The van der Waals surface area contributed by atoms with Gasteiger partial charge in [0.1, 0.15) is 5.52 Å². The topological polar surface area (TPSA) is 110 Å². The van der Waals surface area contributed by atoms with Crippen LogP contribution in [0.2, 0.25) is 0 Å². The fourth-order valence-electron chi connectivity index (χ4n) is 3.33. The van der Waals surface area contributed by atoms with Crippen LogP contribution in [0.25, 0.3) is 22.6 Å². The Morgan fingerprint density at radius 2 is 1.81 bits per heavy atom. The molecular weight excluding hydrogens is 428 g/mol. The van der Waals surface area contributed by atoms with Crippen LogP contribution >= 0.6 is 12.2 Å². The molecule has 0 aliphatic rings. The van der Waals surface area contributed by atoms with E-state index in [1.165, 1.54) is 24.3 Å². The van der Waals surface area contributed by atoms with Gasteiger partial charge in [0.2, 0.25) is 5.89 Å². The Hall–Kier alpha value is -4.11. The van der Waals surface area contributed by atoms with E-state index in [2.05, 4.69) is 21.7 Å². The number of hydrogen-bond donors (Lipinski definition) is 2. The lowest BCUT2D eigenvalue weighted by Gasteiger charge is -2.09. The van der Waals surface area contributed by atoms with E-state index in [0.29, 0.717) is 22.7 Å². The van der Waals surface area contributed by atoms with E-state index >= 15 is 0 Å². The van der Waals surface area contributed by atoms with E-state index in [1.54, 1.807) is 18.2 Å². The molecule has 8 nitrogen and oxygen atoms in total. The van der Waals surface area contributed by atoms with Crippen molar-refractivity contribution >= 4 is 45.7 Å². The molecule has 32 heavy (non-hydrogen) atoms. The molecule has 0 fully saturated rings. The van der Waals surface area contributed by atoms with Crippen LogP contribution in [0.4, 0.5) is 11.4 Å². The number of amides is 1. The number of benzene rings is 3. The molecule has 1 heterocycles. The zero-order valence-electron chi connectivity index (χ0n) is 17.2. The van der Waals surface area contributed by atoms with Gasteiger partial charge in [-0.2, -0.15) is 0 Å². The molecule has 0 unspecified atom stereocenters. The van der Waals surface area contributed by atoms with Gasteiger partial charge in [-0.25, -0.2) is 4.98 Å². The molecule has 2 N–H and O–H groups in total. The van der Waals surface area contributed by atoms with Gasteiger partial charge in [-0.3, -0.25) is 20.2 Å². The summed E-state index contributed by atoms with van der Waals surface area (Å²) in [6, 6.07) is 16.8. The molecule has 0 radical (unpaired) electrons. The molecule has 9 heteroatoms.